The Balaban J connectivity index is 1.63. The van der Waals surface area contributed by atoms with Crippen molar-refractivity contribution in [3.63, 3.8) is 0 Å². The Morgan fingerprint density at radius 3 is 2.56 bits per heavy atom. The maximum absolute atomic E-state index is 13.1. The van der Waals surface area contributed by atoms with E-state index in [4.69, 9.17) is 0 Å². The van der Waals surface area contributed by atoms with E-state index >= 15 is 0 Å². The van der Waals surface area contributed by atoms with Crippen molar-refractivity contribution in [1.29, 1.82) is 0 Å². The first kappa shape index (κ1) is 16.4. The van der Waals surface area contributed by atoms with E-state index in [9.17, 15) is 18.0 Å². The molecule has 1 amide bonds. The van der Waals surface area contributed by atoms with Gasteiger partial charge < -0.3 is 10.6 Å². The van der Waals surface area contributed by atoms with E-state index in [2.05, 4.69) is 20.8 Å². The average molecular weight is 352 g/mol. The number of carbonyl (C=O) groups is 1. The first-order valence-electron chi connectivity index (χ1n) is 8.27. The number of para-hydroxylation sites is 1. The van der Waals surface area contributed by atoms with Gasteiger partial charge in [0.1, 0.15) is 5.52 Å². The largest absolute Gasteiger partial charge is 0.418 e. The van der Waals surface area contributed by atoms with Gasteiger partial charge in [-0.25, -0.2) is 0 Å². The molecule has 8 heteroatoms. The van der Waals surface area contributed by atoms with Crippen LogP contribution in [0.15, 0.2) is 18.2 Å². The van der Waals surface area contributed by atoms with Crippen molar-refractivity contribution in [1.82, 2.24) is 20.8 Å². The number of benzene rings is 1. The lowest BCUT2D eigenvalue weighted by Gasteiger charge is -2.26. The normalized spacial score (nSPS) is 25.9. The first-order chi connectivity index (χ1) is 11.7. The van der Waals surface area contributed by atoms with Crippen LogP contribution in [0.25, 0.3) is 10.9 Å². The molecule has 134 valence electrons. The fourth-order valence-corrected chi connectivity index (χ4v) is 4.00. The topological polar surface area (TPSA) is 69.8 Å². The van der Waals surface area contributed by atoms with Crippen LogP contribution >= 0.6 is 0 Å². The lowest BCUT2D eigenvalue weighted by Crippen LogP contribution is -2.43. The number of carbonyl (C=O) groups excluding carboxylic acids is 1. The number of H-pyrrole nitrogens is 1. The summed E-state index contributed by atoms with van der Waals surface area (Å²) in [6.07, 6.45) is -4.47. The Morgan fingerprint density at radius 1 is 1.24 bits per heavy atom. The third kappa shape index (κ3) is 2.59. The summed E-state index contributed by atoms with van der Waals surface area (Å²) in [4.78, 5) is 12.5. The number of hydrogen-bond acceptors (Lipinski definition) is 3. The van der Waals surface area contributed by atoms with Crippen LogP contribution in [0.5, 0.6) is 0 Å². The minimum absolute atomic E-state index is 0.000414. The Hall–Kier alpha value is -2.09. The van der Waals surface area contributed by atoms with Gasteiger partial charge in [0.25, 0.3) is 0 Å². The van der Waals surface area contributed by atoms with E-state index < -0.39 is 17.3 Å². The molecule has 1 saturated heterocycles. The van der Waals surface area contributed by atoms with E-state index in [1.54, 1.807) is 19.9 Å². The average Bonchev–Trinajstić information content (AvgIpc) is 2.89. The highest BCUT2D eigenvalue weighted by atomic mass is 19.4. The molecule has 3 atom stereocenters. The van der Waals surface area contributed by atoms with Crippen molar-refractivity contribution in [3.8, 4) is 0 Å². The first-order valence-corrected chi connectivity index (χ1v) is 8.27. The number of amides is 1. The Morgan fingerprint density at radius 2 is 1.92 bits per heavy atom. The fourth-order valence-electron chi connectivity index (χ4n) is 4.00. The van der Waals surface area contributed by atoms with E-state index in [1.165, 1.54) is 6.07 Å². The number of rotatable bonds is 3. The van der Waals surface area contributed by atoms with Crippen molar-refractivity contribution in [2.75, 3.05) is 13.1 Å². The second-order valence-electron chi connectivity index (χ2n) is 7.42. The molecule has 2 unspecified atom stereocenters. The zero-order valence-electron chi connectivity index (χ0n) is 13.9. The zero-order chi connectivity index (χ0) is 18.0. The predicted octanol–water partition coefficient (Wildman–Crippen LogP) is 2.40. The predicted molar refractivity (Wildman–Crippen MR) is 85.6 cm³/mol. The highest BCUT2D eigenvalue weighted by Gasteiger charge is 2.57. The molecular weight excluding hydrogens is 333 g/mol. The molecule has 2 fully saturated rings. The van der Waals surface area contributed by atoms with Gasteiger partial charge in [0.15, 0.2) is 0 Å². The molecule has 2 aromatic rings. The molecule has 1 aromatic carbocycles. The van der Waals surface area contributed by atoms with Crippen LogP contribution in [0.1, 0.15) is 25.1 Å². The summed E-state index contributed by atoms with van der Waals surface area (Å²) >= 11 is 0. The number of aromatic amines is 1. The number of alkyl halides is 3. The molecule has 1 aromatic heterocycles. The summed E-state index contributed by atoms with van der Waals surface area (Å²) in [5.41, 5.74) is -1.27. The molecule has 0 bridgehead atoms. The second-order valence-corrected chi connectivity index (χ2v) is 7.42. The Bertz CT molecular complexity index is 832. The SMILES string of the molecule is CC(C)(NC(=O)C1C2CNC[C@H]21)c1[nH]nc2c(C(F)(F)F)cccc12. The minimum Gasteiger partial charge on any atom is -0.345 e. The number of hydrogen-bond donors (Lipinski definition) is 3. The van der Waals surface area contributed by atoms with E-state index in [0.29, 0.717) is 22.9 Å². The summed E-state index contributed by atoms with van der Waals surface area (Å²) in [5, 5.41) is 13.2. The standard InChI is InChI=1S/C17H19F3N4O/c1-16(2,22-15(25)12-9-6-21-7-10(9)12)14-8-4-3-5-11(17(18,19)20)13(8)23-24-14/h3-5,9-10,12,21H,6-7H2,1-2H3,(H,22,25)(H,23,24)/t9-,10?,12?/m1/s1. The summed E-state index contributed by atoms with van der Waals surface area (Å²) < 4.78 is 39.4. The van der Waals surface area contributed by atoms with Gasteiger partial charge >= 0.3 is 6.18 Å². The van der Waals surface area contributed by atoms with Crippen LogP contribution in [0, 0.1) is 17.8 Å². The van der Waals surface area contributed by atoms with Crippen molar-refractivity contribution in [2.45, 2.75) is 25.6 Å². The number of nitrogens with zero attached hydrogens (tertiary/aromatic N) is 1. The number of halogens is 3. The van der Waals surface area contributed by atoms with Gasteiger partial charge in [0.2, 0.25) is 5.91 Å². The van der Waals surface area contributed by atoms with Crippen LogP contribution in [0.3, 0.4) is 0 Å². The highest BCUT2D eigenvalue weighted by molar-refractivity contribution is 5.87. The smallest absolute Gasteiger partial charge is 0.345 e. The fraction of sp³-hybridized carbons (Fsp3) is 0.529. The van der Waals surface area contributed by atoms with Gasteiger partial charge in [0, 0.05) is 11.3 Å². The molecule has 5 nitrogen and oxygen atoms in total. The van der Waals surface area contributed by atoms with Crippen molar-refractivity contribution in [2.24, 2.45) is 17.8 Å². The van der Waals surface area contributed by atoms with Crippen LogP contribution in [-0.2, 0) is 16.5 Å². The molecule has 2 heterocycles. The molecule has 3 N–H and O–H groups in total. The molecule has 4 rings (SSSR count). The summed E-state index contributed by atoms with van der Waals surface area (Å²) in [7, 11) is 0. The number of fused-ring (bicyclic) bond motifs is 2. The van der Waals surface area contributed by atoms with E-state index in [1.807, 2.05) is 0 Å². The maximum atomic E-state index is 13.1. The second kappa shape index (κ2) is 5.20. The third-order valence-corrected chi connectivity index (χ3v) is 5.35. The molecule has 0 radical (unpaired) electrons. The van der Waals surface area contributed by atoms with Gasteiger partial charge in [-0.2, -0.15) is 18.3 Å². The van der Waals surface area contributed by atoms with Crippen LogP contribution in [0.2, 0.25) is 0 Å². The zero-order valence-corrected chi connectivity index (χ0v) is 13.9. The van der Waals surface area contributed by atoms with Gasteiger partial charge in [-0.1, -0.05) is 12.1 Å². The van der Waals surface area contributed by atoms with Gasteiger partial charge in [-0.3, -0.25) is 9.89 Å². The summed E-state index contributed by atoms with van der Waals surface area (Å²) in [6, 6.07) is 3.96. The van der Waals surface area contributed by atoms with Gasteiger partial charge in [-0.15, -0.1) is 0 Å². The summed E-state index contributed by atoms with van der Waals surface area (Å²) in [5.74, 6) is 0.717. The van der Waals surface area contributed by atoms with Crippen LogP contribution < -0.4 is 10.6 Å². The molecule has 0 spiro atoms. The molecule has 25 heavy (non-hydrogen) atoms. The van der Waals surface area contributed by atoms with Gasteiger partial charge in [-0.05, 0) is 44.8 Å². The minimum atomic E-state index is -4.47. The lowest BCUT2D eigenvalue weighted by molar-refractivity contribution is -0.136. The number of aromatic nitrogens is 2. The van der Waals surface area contributed by atoms with E-state index in [-0.39, 0.29) is 17.3 Å². The molecule has 1 aliphatic carbocycles. The molecular formula is C17H19F3N4O. The van der Waals surface area contributed by atoms with Crippen LogP contribution in [-0.4, -0.2) is 29.2 Å². The van der Waals surface area contributed by atoms with Crippen molar-refractivity contribution >= 4 is 16.8 Å². The van der Waals surface area contributed by atoms with E-state index in [0.717, 1.165) is 19.2 Å². The monoisotopic (exact) mass is 352 g/mol. The molecule has 1 aliphatic heterocycles. The summed E-state index contributed by atoms with van der Waals surface area (Å²) in [6.45, 7) is 5.25. The number of piperidine rings is 1. The Labute approximate surface area is 142 Å². The lowest BCUT2D eigenvalue weighted by atomic mass is 9.95. The third-order valence-electron chi connectivity index (χ3n) is 5.35. The van der Waals surface area contributed by atoms with Gasteiger partial charge in [0.05, 0.1) is 16.8 Å². The maximum Gasteiger partial charge on any atom is 0.418 e. The van der Waals surface area contributed by atoms with Crippen LogP contribution in [0.4, 0.5) is 13.2 Å². The highest BCUT2D eigenvalue weighted by Crippen LogP contribution is 2.49. The number of nitrogens with one attached hydrogen (secondary N) is 3. The van der Waals surface area contributed by atoms with Crippen molar-refractivity contribution in [3.05, 3.63) is 29.5 Å². The van der Waals surface area contributed by atoms with Crippen molar-refractivity contribution < 1.29 is 18.0 Å². The Kier molecular flexibility index (Phi) is 3.41. The molecule has 2 aliphatic rings. The molecule has 1 saturated carbocycles. The quantitative estimate of drug-likeness (QED) is 0.794.